The second-order valence-electron chi connectivity index (χ2n) is 9.80. The Kier molecular flexibility index (Phi) is 9.48. The maximum absolute atomic E-state index is 13.9. The molecule has 0 aromatic rings. The van der Waals surface area contributed by atoms with Crippen LogP contribution in [0.3, 0.4) is 0 Å². The maximum atomic E-state index is 13.9. The highest BCUT2D eigenvalue weighted by molar-refractivity contribution is 6.29. The van der Waals surface area contributed by atoms with Gasteiger partial charge in [-0.1, -0.05) is 31.0 Å². The average molecular weight is 494 g/mol. The van der Waals surface area contributed by atoms with E-state index in [1.54, 1.807) is 0 Å². The molecule has 0 fully saturated rings. The van der Waals surface area contributed by atoms with E-state index in [-0.39, 0.29) is 24.2 Å². The molecule has 0 amide bonds. The fourth-order valence-electron chi connectivity index (χ4n) is 5.59. The number of rotatable bonds is 9. The van der Waals surface area contributed by atoms with Gasteiger partial charge in [-0.05, 0) is 74.6 Å². The molecule has 0 radical (unpaired) electrons. The molecule has 6 nitrogen and oxygen atoms in total. The summed E-state index contributed by atoms with van der Waals surface area (Å²) in [6, 6.07) is 0.168. The molecule has 4 aliphatic rings. The summed E-state index contributed by atoms with van der Waals surface area (Å²) in [4.78, 5) is 5.39. The van der Waals surface area contributed by atoms with Gasteiger partial charge in [0.1, 0.15) is 12.0 Å². The zero-order valence-electron chi connectivity index (χ0n) is 20.6. The van der Waals surface area contributed by atoms with Crippen LogP contribution in [0.4, 0.5) is 4.39 Å². The largest absolute Gasteiger partial charge is 0.370 e. The Morgan fingerprint density at radius 2 is 2.15 bits per heavy atom. The van der Waals surface area contributed by atoms with Gasteiger partial charge in [-0.25, -0.2) is 4.39 Å². The Balaban J connectivity index is 1.54. The minimum absolute atomic E-state index is 0.0465. The van der Waals surface area contributed by atoms with E-state index in [2.05, 4.69) is 45.9 Å². The molecule has 0 aromatic heterocycles. The second-order valence-corrected chi connectivity index (χ2v) is 10.3. The maximum Gasteiger partial charge on any atom is 0.114 e. The van der Waals surface area contributed by atoms with Crippen molar-refractivity contribution in [3.05, 3.63) is 45.6 Å². The van der Waals surface area contributed by atoms with E-state index >= 15 is 0 Å². The first kappa shape index (κ1) is 25.7. The van der Waals surface area contributed by atoms with Gasteiger partial charge in [-0.2, -0.15) is 0 Å². The molecule has 4 atom stereocenters. The van der Waals surface area contributed by atoms with Gasteiger partial charge in [0.05, 0.1) is 17.8 Å². The molecule has 2 heterocycles. The van der Waals surface area contributed by atoms with Crippen LogP contribution in [0.25, 0.3) is 0 Å². The quantitative estimate of drug-likeness (QED) is 0.184. The molecule has 0 aromatic carbocycles. The van der Waals surface area contributed by atoms with Crippen LogP contribution in [0.1, 0.15) is 71.6 Å². The Bertz CT molecular complexity index is 839. The second kappa shape index (κ2) is 12.5. The van der Waals surface area contributed by atoms with E-state index in [0.717, 1.165) is 58.0 Å². The van der Waals surface area contributed by atoms with E-state index in [1.165, 1.54) is 22.4 Å². The first-order chi connectivity index (χ1) is 16.6. The number of allylic oxidation sites excluding steroid dienone is 3. The van der Waals surface area contributed by atoms with Crippen molar-refractivity contribution in [3.63, 3.8) is 0 Å². The summed E-state index contributed by atoms with van der Waals surface area (Å²) in [5.41, 5.74) is 8.59. The molecule has 2 aliphatic carbocycles. The van der Waals surface area contributed by atoms with E-state index in [9.17, 15) is 4.39 Å². The van der Waals surface area contributed by atoms with Crippen molar-refractivity contribution >= 4 is 11.6 Å². The van der Waals surface area contributed by atoms with Crippen LogP contribution in [0.15, 0.2) is 45.6 Å². The van der Waals surface area contributed by atoms with Gasteiger partial charge in [-0.15, -0.1) is 0 Å². The van der Waals surface area contributed by atoms with Gasteiger partial charge in [0.2, 0.25) is 0 Å². The lowest BCUT2D eigenvalue weighted by Gasteiger charge is -2.44. The van der Waals surface area contributed by atoms with Crippen molar-refractivity contribution in [2.45, 2.75) is 90.0 Å². The summed E-state index contributed by atoms with van der Waals surface area (Å²) in [6.45, 7) is 6.79. The first-order valence-electron chi connectivity index (χ1n) is 13.1. The topological polar surface area (TPSA) is 69.4 Å². The summed E-state index contributed by atoms with van der Waals surface area (Å²) in [6.07, 6.45) is 12.7. The van der Waals surface area contributed by atoms with Crippen LogP contribution < -0.4 is 26.7 Å². The monoisotopic (exact) mass is 493 g/mol. The van der Waals surface area contributed by atoms with Crippen LogP contribution in [0.2, 0.25) is 0 Å². The molecule has 4 rings (SSSR count). The van der Waals surface area contributed by atoms with E-state index < -0.39 is 0 Å². The number of nitrogens with one attached hydrogen (secondary N) is 5. The summed E-state index contributed by atoms with van der Waals surface area (Å²) in [5, 5.41) is 15.3. The first-order valence-corrected chi connectivity index (χ1v) is 13.5. The lowest BCUT2D eigenvalue weighted by Crippen LogP contribution is -2.62. The molecule has 0 spiro atoms. The molecule has 0 saturated heterocycles. The van der Waals surface area contributed by atoms with Crippen LogP contribution in [0, 0.1) is 5.92 Å². The van der Waals surface area contributed by atoms with Crippen LogP contribution >= 0.6 is 11.6 Å². The van der Waals surface area contributed by atoms with Crippen molar-refractivity contribution in [1.29, 1.82) is 0 Å². The van der Waals surface area contributed by atoms with Gasteiger partial charge in [0, 0.05) is 37.3 Å². The summed E-state index contributed by atoms with van der Waals surface area (Å²) < 4.78 is 13.9. The van der Waals surface area contributed by atoms with Crippen molar-refractivity contribution in [2.24, 2.45) is 5.92 Å². The Morgan fingerprint density at radius 1 is 1.26 bits per heavy atom. The molecule has 190 valence electrons. The lowest BCUT2D eigenvalue weighted by atomic mass is 9.78. The Hall–Kier alpha value is -1.38. The van der Waals surface area contributed by atoms with Crippen molar-refractivity contribution in [1.82, 2.24) is 26.7 Å². The predicted molar refractivity (Wildman–Crippen MR) is 136 cm³/mol. The normalized spacial score (nSPS) is 30.6. The Morgan fingerprint density at radius 3 is 2.88 bits per heavy atom. The smallest absolute Gasteiger partial charge is 0.114 e. The summed E-state index contributed by atoms with van der Waals surface area (Å²) in [5.74, 6) is 0.335. The van der Waals surface area contributed by atoms with E-state index in [4.69, 9.17) is 16.4 Å². The SMILES string of the molecule is CCC/C(=C\NOCC)[C@@H]1CCC2=C(C1)C(N[C@H]1CCC(F)=C(Cl)C1)NC(C1=CCCNC1)N2. The molecule has 0 saturated carbocycles. The van der Waals surface area contributed by atoms with Gasteiger partial charge >= 0.3 is 0 Å². The van der Waals surface area contributed by atoms with Crippen LogP contribution in [-0.2, 0) is 4.84 Å². The highest BCUT2D eigenvalue weighted by Crippen LogP contribution is 2.38. The molecule has 5 N–H and O–H groups in total. The number of hydrogen-bond acceptors (Lipinski definition) is 6. The fraction of sp³-hybridized carbons (Fsp3) is 0.692. The third-order valence-electron chi connectivity index (χ3n) is 7.39. The average Bonchev–Trinajstić information content (AvgIpc) is 2.86. The predicted octanol–water partition coefficient (Wildman–Crippen LogP) is 4.59. The summed E-state index contributed by atoms with van der Waals surface area (Å²) in [7, 11) is 0. The zero-order chi connectivity index (χ0) is 23.9. The van der Waals surface area contributed by atoms with Gasteiger partial charge < -0.3 is 10.6 Å². The van der Waals surface area contributed by atoms with Gasteiger partial charge in [0.15, 0.2) is 0 Å². The van der Waals surface area contributed by atoms with Gasteiger partial charge in [0.25, 0.3) is 0 Å². The number of halogens is 2. The molecule has 8 heteroatoms. The van der Waals surface area contributed by atoms with Crippen molar-refractivity contribution in [2.75, 3.05) is 19.7 Å². The minimum atomic E-state index is -0.150. The third kappa shape index (κ3) is 6.43. The minimum Gasteiger partial charge on any atom is -0.370 e. The highest BCUT2D eigenvalue weighted by Gasteiger charge is 2.36. The molecular formula is C26H41ClFN5O. The summed E-state index contributed by atoms with van der Waals surface area (Å²) >= 11 is 6.20. The highest BCUT2D eigenvalue weighted by atomic mass is 35.5. The molecule has 0 bridgehead atoms. The number of hydroxylamine groups is 1. The fourth-order valence-corrected chi connectivity index (χ4v) is 5.87. The van der Waals surface area contributed by atoms with E-state index in [0.29, 0.717) is 30.4 Å². The lowest BCUT2D eigenvalue weighted by molar-refractivity contribution is 0.0812. The molecule has 2 unspecified atom stereocenters. The standard InChI is InChI=1S/C26H41ClFN5O/c1-3-6-18(16-30-34-4-2)17-8-11-24-21(13-17)26(31-20-9-10-23(28)22(27)14-20)33-25(32-24)19-7-5-12-29-15-19/h7,16-17,20,25-26,29-33H,3-6,8-15H2,1-2H3/b18-16+/t17-,20+,25?,26?/m1/s1. The third-order valence-corrected chi connectivity index (χ3v) is 7.75. The zero-order valence-corrected chi connectivity index (χ0v) is 21.4. The Labute approximate surface area is 208 Å². The molecule has 34 heavy (non-hydrogen) atoms. The number of hydrogen-bond donors (Lipinski definition) is 5. The van der Waals surface area contributed by atoms with Crippen LogP contribution in [0.5, 0.6) is 0 Å². The van der Waals surface area contributed by atoms with E-state index in [1.807, 2.05) is 6.92 Å². The van der Waals surface area contributed by atoms with Gasteiger partial charge in [-0.3, -0.25) is 21.0 Å². The van der Waals surface area contributed by atoms with Crippen molar-refractivity contribution in [3.8, 4) is 0 Å². The van der Waals surface area contributed by atoms with Crippen molar-refractivity contribution < 1.29 is 9.23 Å². The molecule has 2 aliphatic heterocycles. The van der Waals surface area contributed by atoms with Crippen LogP contribution in [-0.4, -0.2) is 38.1 Å². The molecular weight excluding hydrogens is 453 g/mol.